The fraction of sp³-hybridized carbons (Fsp3) is 0.385. The molecule has 0 aliphatic carbocycles. The Labute approximate surface area is 104 Å². The molecule has 2 atom stereocenters. The molecule has 2 aromatic heterocycles. The van der Waals surface area contributed by atoms with Gasteiger partial charge in [0, 0.05) is 23.3 Å². The lowest BCUT2D eigenvalue weighted by atomic mass is 9.96. The molecule has 3 N–H and O–H groups in total. The molecule has 0 spiro atoms. The van der Waals surface area contributed by atoms with Gasteiger partial charge in [-0.15, -0.1) is 0 Å². The average molecular weight is 245 g/mol. The highest BCUT2D eigenvalue weighted by Gasteiger charge is 2.27. The Morgan fingerprint density at radius 2 is 2.33 bits per heavy atom. The molecule has 1 aliphatic rings. The maximum Gasteiger partial charge on any atom is 0.320 e. The summed E-state index contributed by atoms with van der Waals surface area (Å²) < 4.78 is 0. The van der Waals surface area contributed by atoms with E-state index in [-0.39, 0.29) is 6.04 Å². The van der Waals surface area contributed by atoms with E-state index in [1.807, 2.05) is 18.2 Å². The number of fused-ring (bicyclic) bond motifs is 1. The number of carboxylic acid groups (broad SMARTS) is 1. The SMILES string of the molecule is O=C(O)C1CCCC(c2cc3cccnc3[nH]2)N1. The number of rotatable bonds is 2. The monoisotopic (exact) mass is 245 g/mol. The van der Waals surface area contributed by atoms with Crippen molar-refractivity contribution >= 4 is 17.0 Å². The largest absolute Gasteiger partial charge is 0.480 e. The molecular formula is C13H15N3O2. The molecule has 0 radical (unpaired) electrons. The van der Waals surface area contributed by atoms with E-state index in [1.54, 1.807) is 6.20 Å². The Bertz CT molecular complexity index is 545. The molecule has 5 nitrogen and oxygen atoms in total. The Hall–Kier alpha value is -1.88. The van der Waals surface area contributed by atoms with E-state index in [0.717, 1.165) is 29.6 Å². The van der Waals surface area contributed by atoms with Crippen molar-refractivity contribution in [2.45, 2.75) is 31.3 Å². The summed E-state index contributed by atoms with van der Waals surface area (Å²) in [6.45, 7) is 0. The Morgan fingerprint density at radius 1 is 1.44 bits per heavy atom. The third kappa shape index (κ3) is 1.97. The van der Waals surface area contributed by atoms with Gasteiger partial charge in [0.15, 0.2) is 0 Å². The predicted molar refractivity (Wildman–Crippen MR) is 67.2 cm³/mol. The van der Waals surface area contributed by atoms with Crippen molar-refractivity contribution in [3.63, 3.8) is 0 Å². The zero-order chi connectivity index (χ0) is 12.5. The first kappa shape index (κ1) is 11.2. The first-order chi connectivity index (χ1) is 8.74. The molecule has 2 unspecified atom stereocenters. The second kappa shape index (κ2) is 4.42. The van der Waals surface area contributed by atoms with Gasteiger partial charge in [-0.1, -0.05) is 0 Å². The van der Waals surface area contributed by atoms with E-state index in [0.29, 0.717) is 6.42 Å². The third-order valence-corrected chi connectivity index (χ3v) is 3.47. The van der Waals surface area contributed by atoms with Crippen LogP contribution in [-0.4, -0.2) is 27.1 Å². The quantitative estimate of drug-likeness (QED) is 0.754. The van der Waals surface area contributed by atoms with Crippen LogP contribution < -0.4 is 5.32 Å². The van der Waals surface area contributed by atoms with E-state index in [2.05, 4.69) is 15.3 Å². The highest BCUT2D eigenvalue weighted by atomic mass is 16.4. The average Bonchev–Trinajstić information content (AvgIpc) is 2.82. The summed E-state index contributed by atoms with van der Waals surface area (Å²) in [6.07, 6.45) is 4.33. The lowest BCUT2D eigenvalue weighted by Gasteiger charge is -2.27. The van der Waals surface area contributed by atoms with Crippen LogP contribution in [0.4, 0.5) is 0 Å². The predicted octanol–water partition coefficient (Wildman–Crippen LogP) is 1.83. The summed E-state index contributed by atoms with van der Waals surface area (Å²) in [7, 11) is 0. The van der Waals surface area contributed by atoms with Crippen LogP contribution in [-0.2, 0) is 4.79 Å². The number of carboxylic acids is 1. The van der Waals surface area contributed by atoms with E-state index >= 15 is 0 Å². The van der Waals surface area contributed by atoms with E-state index in [9.17, 15) is 4.79 Å². The summed E-state index contributed by atoms with van der Waals surface area (Å²) in [5.74, 6) is -0.770. The number of aromatic amines is 1. The highest BCUT2D eigenvalue weighted by Crippen LogP contribution is 2.27. The molecule has 1 fully saturated rings. The smallest absolute Gasteiger partial charge is 0.320 e. The number of piperidine rings is 1. The summed E-state index contributed by atoms with van der Waals surface area (Å²) in [5, 5.41) is 13.3. The molecule has 0 saturated carbocycles. The van der Waals surface area contributed by atoms with Gasteiger partial charge < -0.3 is 10.1 Å². The number of H-pyrrole nitrogens is 1. The van der Waals surface area contributed by atoms with Gasteiger partial charge >= 0.3 is 5.97 Å². The van der Waals surface area contributed by atoms with Gasteiger partial charge in [0.1, 0.15) is 11.7 Å². The Morgan fingerprint density at radius 3 is 3.11 bits per heavy atom. The van der Waals surface area contributed by atoms with E-state index in [4.69, 9.17) is 5.11 Å². The molecule has 2 aromatic rings. The summed E-state index contributed by atoms with van der Waals surface area (Å²) >= 11 is 0. The minimum absolute atomic E-state index is 0.0778. The van der Waals surface area contributed by atoms with Crippen molar-refractivity contribution in [1.29, 1.82) is 0 Å². The Kier molecular flexibility index (Phi) is 2.76. The van der Waals surface area contributed by atoms with E-state index < -0.39 is 12.0 Å². The minimum atomic E-state index is -0.770. The van der Waals surface area contributed by atoms with Crippen LogP contribution in [0.25, 0.3) is 11.0 Å². The summed E-state index contributed by atoms with van der Waals surface area (Å²) in [4.78, 5) is 18.5. The maximum atomic E-state index is 11.0. The van der Waals surface area contributed by atoms with E-state index in [1.165, 1.54) is 0 Å². The fourth-order valence-electron chi connectivity index (χ4n) is 2.54. The zero-order valence-electron chi connectivity index (χ0n) is 9.89. The maximum absolute atomic E-state index is 11.0. The normalized spacial score (nSPS) is 24.2. The second-order valence-corrected chi connectivity index (χ2v) is 4.71. The number of hydrogen-bond acceptors (Lipinski definition) is 3. The van der Waals surface area contributed by atoms with Gasteiger partial charge in [0.25, 0.3) is 0 Å². The number of aliphatic carboxylic acids is 1. The first-order valence-electron chi connectivity index (χ1n) is 6.16. The molecule has 1 aliphatic heterocycles. The van der Waals surface area contributed by atoms with Gasteiger partial charge in [0.05, 0.1) is 0 Å². The van der Waals surface area contributed by atoms with Crippen molar-refractivity contribution in [1.82, 2.24) is 15.3 Å². The number of pyridine rings is 1. The van der Waals surface area contributed by atoms with Crippen molar-refractivity contribution in [2.75, 3.05) is 0 Å². The molecule has 0 amide bonds. The summed E-state index contributed by atoms with van der Waals surface area (Å²) in [6, 6.07) is 5.58. The molecule has 18 heavy (non-hydrogen) atoms. The number of carbonyl (C=O) groups is 1. The minimum Gasteiger partial charge on any atom is -0.480 e. The second-order valence-electron chi connectivity index (χ2n) is 4.71. The third-order valence-electron chi connectivity index (χ3n) is 3.47. The molecular weight excluding hydrogens is 230 g/mol. The van der Waals surface area contributed by atoms with Crippen LogP contribution in [0, 0.1) is 0 Å². The lowest BCUT2D eigenvalue weighted by molar-refractivity contribution is -0.140. The van der Waals surface area contributed by atoms with Crippen molar-refractivity contribution in [3.8, 4) is 0 Å². The molecule has 0 bridgehead atoms. The lowest BCUT2D eigenvalue weighted by Crippen LogP contribution is -2.42. The van der Waals surface area contributed by atoms with Crippen LogP contribution in [0.5, 0.6) is 0 Å². The summed E-state index contributed by atoms with van der Waals surface area (Å²) in [5.41, 5.74) is 1.88. The number of nitrogens with one attached hydrogen (secondary N) is 2. The van der Waals surface area contributed by atoms with Crippen LogP contribution in [0.3, 0.4) is 0 Å². The van der Waals surface area contributed by atoms with Gasteiger partial charge in [0.2, 0.25) is 0 Å². The fourth-order valence-corrected chi connectivity index (χ4v) is 2.54. The van der Waals surface area contributed by atoms with Crippen molar-refractivity contribution < 1.29 is 9.90 Å². The number of aromatic nitrogens is 2. The van der Waals surface area contributed by atoms with Crippen LogP contribution in [0.1, 0.15) is 31.0 Å². The highest BCUT2D eigenvalue weighted by molar-refractivity contribution is 5.76. The standard InChI is InChI=1S/C13H15N3O2/c17-13(18)10-5-1-4-9(15-10)11-7-8-3-2-6-14-12(8)16-11/h2-3,6-7,9-10,15H,1,4-5H2,(H,14,16)(H,17,18). The number of hydrogen-bond donors (Lipinski definition) is 3. The molecule has 3 heterocycles. The molecule has 0 aromatic carbocycles. The molecule has 5 heteroatoms. The van der Waals surface area contributed by atoms with Crippen LogP contribution in [0.2, 0.25) is 0 Å². The van der Waals surface area contributed by atoms with Crippen molar-refractivity contribution in [2.24, 2.45) is 0 Å². The molecule has 3 rings (SSSR count). The first-order valence-corrected chi connectivity index (χ1v) is 6.16. The number of nitrogens with zero attached hydrogens (tertiary/aromatic N) is 1. The molecule has 1 saturated heterocycles. The van der Waals surface area contributed by atoms with Gasteiger partial charge in [-0.2, -0.15) is 0 Å². The Balaban J connectivity index is 1.87. The van der Waals surface area contributed by atoms with Crippen LogP contribution >= 0.6 is 0 Å². The van der Waals surface area contributed by atoms with Gasteiger partial charge in [-0.05, 0) is 37.5 Å². The van der Waals surface area contributed by atoms with Crippen LogP contribution in [0.15, 0.2) is 24.4 Å². The van der Waals surface area contributed by atoms with Gasteiger partial charge in [-0.25, -0.2) is 4.98 Å². The van der Waals surface area contributed by atoms with Crippen molar-refractivity contribution in [3.05, 3.63) is 30.1 Å². The topological polar surface area (TPSA) is 78.0 Å². The molecule has 94 valence electrons. The van der Waals surface area contributed by atoms with Gasteiger partial charge in [-0.3, -0.25) is 10.1 Å². The zero-order valence-corrected chi connectivity index (χ0v) is 9.89.